The molecule has 2 aromatic carbocycles. The summed E-state index contributed by atoms with van der Waals surface area (Å²) in [5.41, 5.74) is 3.09. The van der Waals surface area contributed by atoms with Crippen molar-refractivity contribution in [2.75, 3.05) is 7.11 Å². The maximum Gasteiger partial charge on any atom is 0.118 e. The summed E-state index contributed by atoms with van der Waals surface area (Å²) in [5.74, 6) is 1.79. The van der Waals surface area contributed by atoms with Gasteiger partial charge >= 0.3 is 0 Å². The van der Waals surface area contributed by atoms with Crippen molar-refractivity contribution in [3.63, 3.8) is 0 Å². The molecule has 0 unspecified atom stereocenters. The van der Waals surface area contributed by atoms with Gasteiger partial charge in [-0.05, 0) is 35.9 Å². The Morgan fingerprint density at radius 2 is 1.90 bits per heavy atom. The zero-order valence-electron chi connectivity index (χ0n) is 10.9. The molecular weight excluding hydrogens is 295 g/mol. The van der Waals surface area contributed by atoms with Gasteiger partial charge < -0.3 is 9.72 Å². The average Bonchev–Trinajstić information content (AvgIpc) is 2.81. The molecule has 0 fully saturated rings. The Kier molecular flexibility index (Phi) is 4.53. The number of hydrogen-bond donors (Lipinski definition) is 1. The maximum absolute atomic E-state index is 5.96. The van der Waals surface area contributed by atoms with Crippen LogP contribution in [-0.4, -0.2) is 17.1 Å². The first-order valence-electron chi connectivity index (χ1n) is 6.02. The lowest BCUT2D eigenvalue weighted by Crippen LogP contribution is -1.91. The van der Waals surface area contributed by atoms with E-state index in [1.54, 1.807) is 7.11 Å². The molecule has 20 heavy (non-hydrogen) atoms. The van der Waals surface area contributed by atoms with Crippen LogP contribution in [0.1, 0.15) is 11.4 Å². The largest absolute Gasteiger partial charge is 0.497 e. The van der Waals surface area contributed by atoms with E-state index in [1.807, 2.05) is 42.5 Å². The van der Waals surface area contributed by atoms with E-state index in [2.05, 4.69) is 9.97 Å². The number of rotatable bonds is 3. The van der Waals surface area contributed by atoms with E-state index in [9.17, 15) is 0 Å². The quantitative estimate of drug-likeness (QED) is 0.786. The van der Waals surface area contributed by atoms with Crippen LogP contribution in [0.3, 0.4) is 0 Å². The van der Waals surface area contributed by atoms with E-state index in [4.69, 9.17) is 16.3 Å². The van der Waals surface area contributed by atoms with Gasteiger partial charge in [-0.2, -0.15) is 0 Å². The highest BCUT2D eigenvalue weighted by Gasteiger charge is 2.04. The number of aromatic nitrogens is 2. The van der Waals surface area contributed by atoms with E-state index in [-0.39, 0.29) is 12.4 Å². The van der Waals surface area contributed by atoms with Crippen LogP contribution in [0, 0.1) is 0 Å². The van der Waals surface area contributed by atoms with Gasteiger partial charge in [0.2, 0.25) is 0 Å². The summed E-state index contributed by atoms with van der Waals surface area (Å²) in [7, 11) is 1.66. The molecule has 1 heterocycles. The van der Waals surface area contributed by atoms with E-state index in [1.165, 1.54) is 5.56 Å². The standard InChI is InChI=1S/C15H13ClN2O.ClH/c1-19-12-5-2-10(3-6-12)8-15-17-13-7-4-11(16)9-14(13)18-15;/h2-7,9H,8H2,1H3,(H,17,18);1H. The van der Waals surface area contributed by atoms with Crippen LogP contribution in [-0.2, 0) is 6.42 Å². The van der Waals surface area contributed by atoms with Crippen LogP contribution < -0.4 is 4.74 Å². The highest BCUT2D eigenvalue weighted by Crippen LogP contribution is 2.19. The third-order valence-electron chi connectivity index (χ3n) is 3.02. The lowest BCUT2D eigenvalue weighted by Gasteiger charge is -2.01. The number of hydrogen-bond acceptors (Lipinski definition) is 2. The fourth-order valence-electron chi connectivity index (χ4n) is 2.06. The van der Waals surface area contributed by atoms with Gasteiger partial charge in [0.1, 0.15) is 11.6 Å². The summed E-state index contributed by atoms with van der Waals surface area (Å²) in [6, 6.07) is 13.6. The summed E-state index contributed by atoms with van der Waals surface area (Å²) in [5, 5.41) is 0.715. The van der Waals surface area contributed by atoms with Gasteiger partial charge in [0.25, 0.3) is 0 Å². The lowest BCUT2D eigenvalue weighted by atomic mass is 10.1. The van der Waals surface area contributed by atoms with Crippen molar-refractivity contribution in [1.82, 2.24) is 9.97 Å². The van der Waals surface area contributed by atoms with Crippen LogP contribution in [0.5, 0.6) is 5.75 Å². The van der Waals surface area contributed by atoms with E-state index in [0.717, 1.165) is 29.0 Å². The Bertz CT molecular complexity index is 707. The molecule has 3 nitrogen and oxygen atoms in total. The molecule has 0 radical (unpaired) electrons. The minimum absolute atomic E-state index is 0. The SMILES string of the molecule is COc1ccc(Cc2nc3ccc(Cl)cc3[nH]2)cc1.Cl. The van der Waals surface area contributed by atoms with Gasteiger partial charge in [-0.25, -0.2) is 4.98 Å². The normalized spacial score (nSPS) is 10.3. The molecule has 0 bridgehead atoms. The van der Waals surface area contributed by atoms with Crippen LogP contribution in [0.25, 0.3) is 11.0 Å². The van der Waals surface area contributed by atoms with Gasteiger partial charge in [0, 0.05) is 11.4 Å². The molecule has 104 valence electrons. The van der Waals surface area contributed by atoms with Crippen molar-refractivity contribution in [1.29, 1.82) is 0 Å². The number of benzene rings is 2. The van der Waals surface area contributed by atoms with Gasteiger partial charge in [-0.1, -0.05) is 23.7 Å². The molecule has 0 saturated heterocycles. The second kappa shape index (κ2) is 6.16. The van der Waals surface area contributed by atoms with E-state index < -0.39 is 0 Å². The minimum atomic E-state index is 0. The van der Waals surface area contributed by atoms with Crippen molar-refractivity contribution < 1.29 is 4.74 Å². The minimum Gasteiger partial charge on any atom is -0.497 e. The fraction of sp³-hybridized carbons (Fsp3) is 0.133. The summed E-state index contributed by atoms with van der Waals surface area (Å²) in [6.07, 6.45) is 0.760. The number of nitrogens with one attached hydrogen (secondary N) is 1. The monoisotopic (exact) mass is 308 g/mol. The molecule has 0 spiro atoms. The molecule has 0 aliphatic carbocycles. The van der Waals surface area contributed by atoms with Crippen LogP contribution >= 0.6 is 24.0 Å². The number of methoxy groups -OCH3 is 1. The average molecular weight is 309 g/mol. The number of nitrogens with zero attached hydrogens (tertiary/aromatic N) is 1. The molecule has 0 amide bonds. The summed E-state index contributed by atoms with van der Waals surface area (Å²) >= 11 is 5.96. The van der Waals surface area contributed by atoms with Crippen LogP contribution in [0.4, 0.5) is 0 Å². The second-order valence-electron chi connectivity index (χ2n) is 4.37. The summed E-state index contributed by atoms with van der Waals surface area (Å²) < 4.78 is 5.14. The fourth-order valence-corrected chi connectivity index (χ4v) is 2.23. The van der Waals surface area contributed by atoms with E-state index in [0.29, 0.717) is 5.02 Å². The number of halogens is 2. The number of ether oxygens (including phenoxy) is 1. The maximum atomic E-state index is 5.96. The predicted molar refractivity (Wildman–Crippen MR) is 84.2 cm³/mol. The first kappa shape index (κ1) is 14.7. The Morgan fingerprint density at radius 3 is 2.60 bits per heavy atom. The number of H-pyrrole nitrogens is 1. The first-order valence-corrected chi connectivity index (χ1v) is 6.39. The lowest BCUT2D eigenvalue weighted by molar-refractivity contribution is 0.414. The van der Waals surface area contributed by atoms with Gasteiger partial charge in [0.15, 0.2) is 0 Å². The van der Waals surface area contributed by atoms with Crippen molar-refractivity contribution in [2.45, 2.75) is 6.42 Å². The van der Waals surface area contributed by atoms with Crippen LogP contribution in [0.15, 0.2) is 42.5 Å². The van der Waals surface area contributed by atoms with Gasteiger partial charge in [0.05, 0.1) is 18.1 Å². The number of imidazole rings is 1. The van der Waals surface area contributed by atoms with Gasteiger partial charge in [-0.15, -0.1) is 12.4 Å². The number of aromatic amines is 1. The van der Waals surface area contributed by atoms with Crippen molar-refractivity contribution >= 4 is 35.0 Å². The zero-order chi connectivity index (χ0) is 13.2. The molecule has 1 N–H and O–H groups in total. The first-order chi connectivity index (χ1) is 9.24. The molecule has 0 saturated carbocycles. The predicted octanol–water partition coefficient (Wildman–Crippen LogP) is 4.24. The molecule has 3 rings (SSSR count). The van der Waals surface area contributed by atoms with Crippen LogP contribution in [0.2, 0.25) is 5.02 Å². The number of fused-ring (bicyclic) bond motifs is 1. The van der Waals surface area contributed by atoms with E-state index >= 15 is 0 Å². The topological polar surface area (TPSA) is 37.9 Å². The van der Waals surface area contributed by atoms with Gasteiger partial charge in [-0.3, -0.25) is 0 Å². The molecule has 1 aromatic heterocycles. The molecule has 3 aromatic rings. The zero-order valence-corrected chi connectivity index (χ0v) is 12.5. The van der Waals surface area contributed by atoms with Crippen molar-refractivity contribution in [3.05, 3.63) is 58.9 Å². The summed E-state index contributed by atoms with van der Waals surface area (Å²) in [4.78, 5) is 7.83. The summed E-state index contributed by atoms with van der Waals surface area (Å²) in [6.45, 7) is 0. The molecular formula is C15H14Cl2N2O. The second-order valence-corrected chi connectivity index (χ2v) is 4.81. The molecule has 5 heteroatoms. The third kappa shape index (κ3) is 3.06. The molecule has 0 aliphatic rings. The Morgan fingerprint density at radius 1 is 1.15 bits per heavy atom. The van der Waals surface area contributed by atoms with Crippen molar-refractivity contribution in [2.24, 2.45) is 0 Å². The Balaban J connectivity index is 0.00000147. The Hall–Kier alpha value is -1.71. The smallest absolute Gasteiger partial charge is 0.118 e. The molecule has 0 atom stereocenters. The van der Waals surface area contributed by atoms with Crippen molar-refractivity contribution in [3.8, 4) is 5.75 Å². The third-order valence-corrected chi connectivity index (χ3v) is 3.26. The molecule has 0 aliphatic heterocycles. The highest BCUT2D eigenvalue weighted by atomic mass is 35.5. The Labute approximate surface area is 128 Å². The highest BCUT2D eigenvalue weighted by molar-refractivity contribution is 6.31.